The number of amides is 1. The Balaban J connectivity index is 1.47. The van der Waals surface area contributed by atoms with Crippen LogP contribution >= 0.6 is 0 Å². The Morgan fingerprint density at radius 1 is 1.14 bits per heavy atom. The molecule has 3 heterocycles. The van der Waals surface area contributed by atoms with Gasteiger partial charge in [-0.15, -0.1) is 0 Å². The van der Waals surface area contributed by atoms with E-state index in [4.69, 9.17) is 5.73 Å². The number of aromatic nitrogens is 1. The Morgan fingerprint density at radius 3 is 2.79 bits per heavy atom. The third-order valence-electron chi connectivity index (χ3n) is 5.92. The van der Waals surface area contributed by atoms with Gasteiger partial charge in [0.25, 0.3) is 5.91 Å². The van der Waals surface area contributed by atoms with Crippen molar-refractivity contribution in [2.75, 3.05) is 31.1 Å². The number of hydrogen-bond donors (Lipinski definition) is 1. The minimum absolute atomic E-state index is 0.114. The first-order valence-electron chi connectivity index (χ1n) is 9.62. The van der Waals surface area contributed by atoms with Gasteiger partial charge in [-0.3, -0.25) is 9.69 Å². The van der Waals surface area contributed by atoms with Crippen LogP contribution in [-0.2, 0) is 6.54 Å². The third-order valence-corrected chi connectivity index (χ3v) is 5.92. The summed E-state index contributed by atoms with van der Waals surface area (Å²) in [6, 6.07) is 7.55. The molecule has 2 aromatic rings. The molecule has 4 rings (SSSR count). The average molecular weight is 386 g/mol. The molecule has 7 heteroatoms. The summed E-state index contributed by atoms with van der Waals surface area (Å²) in [6.45, 7) is 4.09. The van der Waals surface area contributed by atoms with Crippen molar-refractivity contribution >= 4 is 11.7 Å². The summed E-state index contributed by atoms with van der Waals surface area (Å²) in [5.74, 6) is -1.42. The van der Waals surface area contributed by atoms with Crippen molar-refractivity contribution in [3.63, 3.8) is 0 Å². The molecule has 0 aliphatic carbocycles. The highest BCUT2D eigenvalue weighted by atomic mass is 19.2. The molecule has 0 bridgehead atoms. The Labute approximate surface area is 163 Å². The predicted octanol–water partition coefficient (Wildman–Crippen LogP) is 2.95. The van der Waals surface area contributed by atoms with E-state index in [2.05, 4.69) is 14.8 Å². The molecule has 0 radical (unpaired) electrons. The highest BCUT2D eigenvalue weighted by molar-refractivity contribution is 5.97. The smallest absolute Gasteiger partial charge is 0.252 e. The SMILES string of the molecule is NC(=O)c1cccnc1N1CCC2(CCCN(Cc3ccc(F)c(F)c3)C2)C1. The molecule has 2 aliphatic rings. The number of carbonyl (C=O) groups is 1. The lowest BCUT2D eigenvalue weighted by Crippen LogP contribution is -2.44. The first kappa shape index (κ1) is 18.8. The molecule has 148 valence electrons. The molecule has 2 N–H and O–H groups in total. The van der Waals surface area contributed by atoms with Crippen molar-refractivity contribution in [3.05, 3.63) is 59.3 Å². The lowest BCUT2D eigenvalue weighted by molar-refractivity contribution is 0.0985. The van der Waals surface area contributed by atoms with Gasteiger partial charge >= 0.3 is 0 Å². The number of anilines is 1. The van der Waals surface area contributed by atoms with E-state index in [1.165, 1.54) is 12.1 Å². The zero-order valence-corrected chi connectivity index (χ0v) is 15.7. The number of rotatable bonds is 4. The summed E-state index contributed by atoms with van der Waals surface area (Å²) in [5.41, 5.74) is 6.86. The largest absolute Gasteiger partial charge is 0.365 e. The minimum atomic E-state index is -0.814. The van der Waals surface area contributed by atoms with Gasteiger partial charge in [0.2, 0.25) is 0 Å². The Morgan fingerprint density at radius 2 is 2.00 bits per heavy atom. The second-order valence-corrected chi connectivity index (χ2v) is 7.97. The molecule has 0 saturated carbocycles. The minimum Gasteiger partial charge on any atom is -0.365 e. The van der Waals surface area contributed by atoms with E-state index in [1.54, 1.807) is 24.4 Å². The predicted molar refractivity (Wildman–Crippen MR) is 103 cm³/mol. The van der Waals surface area contributed by atoms with Gasteiger partial charge < -0.3 is 10.6 Å². The highest BCUT2D eigenvalue weighted by Crippen LogP contribution is 2.41. The molecule has 28 heavy (non-hydrogen) atoms. The number of piperidine rings is 1. The van der Waals surface area contributed by atoms with Gasteiger partial charge in [-0.1, -0.05) is 6.07 Å². The second-order valence-electron chi connectivity index (χ2n) is 7.97. The lowest BCUT2D eigenvalue weighted by Gasteiger charge is -2.40. The molecule has 1 unspecified atom stereocenters. The second kappa shape index (κ2) is 7.47. The average Bonchev–Trinajstić information content (AvgIpc) is 3.08. The number of pyridine rings is 1. The molecule has 1 amide bonds. The monoisotopic (exact) mass is 386 g/mol. The fourth-order valence-electron chi connectivity index (χ4n) is 4.63. The van der Waals surface area contributed by atoms with Crippen LogP contribution in [0.25, 0.3) is 0 Å². The van der Waals surface area contributed by atoms with E-state index in [-0.39, 0.29) is 5.41 Å². The number of nitrogens with zero attached hydrogens (tertiary/aromatic N) is 3. The fraction of sp³-hybridized carbons (Fsp3) is 0.429. The Bertz CT molecular complexity index is 890. The van der Waals surface area contributed by atoms with Crippen LogP contribution in [0.2, 0.25) is 0 Å². The number of hydrogen-bond acceptors (Lipinski definition) is 4. The summed E-state index contributed by atoms with van der Waals surface area (Å²) in [6.07, 6.45) is 4.86. The number of nitrogens with two attached hydrogens (primary N) is 1. The maximum atomic E-state index is 13.5. The normalized spacial score (nSPS) is 22.7. The zero-order chi connectivity index (χ0) is 19.7. The highest BCUT2D eigenvalue weighted by Gasteiger charge is 2.42. The van der Waals surface area contributed by atoms with Crippen molar-refractivity contribution in [2.24, 2.45) is 11.1 Å². The van der Waals surface area contributed by atoms with Crippen LogP contribution in [0, 0.1) is 17.0 Å². The number of likely N-dealkylation sites (tertiary alicyclic amines) is 1. The van der Waals surface area contributed by atoms with Crippen LogP contribution in [-0.4, -0.2) is 42.0 Å². The zero-order valence-electron chi connectivity index (χ0n) is 15.7. The summed E-state index contributed by atoms with van der Waals surface area (Å²) in [5, 5.41) is 0. The van der Waals surface area contributed by atoms with Gasteiger partial charge in [-0.05, 0) is 55.6 Å². The van der Waals surface area contributed by atoms with E-state index in [0.717, 1.165) is 51.0 Å². The first-order chi connectivity index (χ1) is 13.5. The van der Waals surface area contributed by atoms with Crippen molar-refractivity contribution < 1.29 is 13.6 Å². The number of primary amides is 1. The van der Waals surface area contributed by atoms with Gasteiger partial charge in [0.1, 0.15) is 5.82 Å². The van der Waals surface area contributed by atoms with Crippen molar-refractivity contribution in [1.82, 2.24) is 9.88 Å². The molecule has 2 fully saturated rings. The molecule has 1 spiro atoms. The summed E-state index contributed by atoms with van der Waals surface area (Å²) >= 11 is 0. The molecule has 1 aromatic heterocycles. The fourth-order valence-corrected chi connectivity index (χ4v) is 4.63. The Hall–Kier alpha value is -2.54. The quantitative estimate of drug-likeness (QED) is 0.878. The molecule has 5 nitrogen and oxygen atoms in total. The topological polar surface area (TPSA) is 62.5 Å². The van der Waals surface area contributed by atoms with Gasteiger partial charge in [-0.25, -0.2) is 13.8 Å². The van der Waals surface area contributed by atoms with E-state index < -0.39 is 17.5 Å². The third kappa shape index (κ3) is 3.71. The number of halogens is 2. The van der Waals surface area contributed by atoms with Crippen LogP contribution in [0.5, 0.6) is 0 Å². The summed E-state index contributed by atoms with van der Waals surface area (Å²) in [7, 11) is 0. The molecular formula is C21H24F2N4O. The van der Waals surface area contributed by atoms with Crippen LogP contribution in [0.4, 0.5) is 14.6 Å². The standard InChI is InChI=1S/C21H24F2N4O/c22-17-5-4-15(11-18(17)23)12-26-9-2-6-21(13-26)7-10-27(14-21)20-16(19(24)28)3-1-8-25-20/h1,3-5,8,11H,2,6-7,9-10,12-14H2,(H2,24,28). The van der Waals surface area contributed by atoms with Gasteiger partial charge in [0.05, 0.1) is 5.56 Å². The van der Waals surface area contributed by atoms with Gasteiger partial charge in [0.15, 0.2) is 11.6 Å². The molecular weight excluding hydrogens is 362 g/mol. The molecule has 1 atom stereocenters. The molecule has 1 aromatic carbocycles. The van der Waals surface area contributed by atoms with Crippen LogP contribution in [0.1, 0.15) is 35.2 Å². The van der Waals surface area contributed by atoms with E-state index in [0.29, 0.717) is 17.9 Å². The van der Waals surface area contributed by atoms with Crippen molar-refractivity contribution in [3.8, 4) is 0 Å². The summed E-state index contributed by atoms with van der Waals surface area (Å²) in [4.78, 5) is 20.6. The number of benzene rings is 1. The van der Waals surface area contributed by atoms with E-state index in [9.17, 15) is 13.6 Å². The Kier molecular flexibility index (Phi) is 5.02. The van der Waals surface area contributed by atoms with Crippen LogP contribution < -0.4 is 10.6 Å². The maximum absolute atomic E-state index is 13.5. The summed E-state index contributed by atoms with van der Waals surface area (Å²) < 4.78 is 26.7. The van der Waals surface area contributed by atoms with Crippen molar-refractivity contribution in [1.29, 1.82) is 0 Å². The van der Waals surface area contributed by atoms with Gasteiger partial charge in [-0.2, -0.15) is 0 Å². The van der Waals surface area contributed by atoms with Crippen LogP contribution in [0.3, 0.4) is 0 Å². The molecule has 2 saturated heterocycles. The van der Waals surface area contributed by atoms with Crippen LogP contribution in [0.15, 0.2) is 36.5 Å². The van der Waals surface area contributed by atoms with E-state index in [1.807, 2.05) is 0 Å². The molecule has 2 aliphatic heterocycles. The maximum Gasteiger partial charge on any atom is 0.252 e. The first-order valence-corrected chi connectivity index (χ1v) is 9.62. The van der Waals surface area contributed by atoms with Crippen molar-refractivity contribution in [2.45, 2.75) is 25.8 Å². The van der Waals surface area contributed by atoms with E-state index >= 15 is 0 Å². The lowest BCUT2D eigenvalue weighted by atomic mass is 9.79. The number of carbonyl (C=O) groups excluding carboxylic acids is 1. The van der Waals surface area contributed by atoms with Gasteiger partial charge in [0, 0.05) is 37.8 Å².